The van der Waals surface area contributed by atoms with Gasteiger partial charge in [0.2, 0.25) is 0 Å². The summed E-state index contributed by atoms with van der Waals surface area (Å²) in [4.78, 5) is 8.04. The predicted octanol–water partition coefficient (Wildman–Crippen LogP) is 3.34. The first-order valence-corrected chi connectivity index (χ1v) is 5.94. The van der Waals surface area contributed by atoms with Crippen LogP contribution in [0.1, 0.15) is 12.8 Å². The molecule has 0 amide bonds. The first kappa shape index (κ1) is 10.5. The summed E-state index contributed by atoms with van der Waals surface area (Å²) in [6.45, 7) is 0. The molecule has 0 spiro atoms. The molecule has 1 saturated carbocycles. The van der Waals surface area contributed by atoms with Crippen LogP contribution in [0.15, 0.2) is 36.7 Å². The smallest absolute Gasteiger partial charge is 0.133 e. The highest BCUT2D eigenvalue weighted by Crippen LogP contribution is 2.28. The second kappa shape index (κ2) is 4.34. The third kappa shape index (κ3) is 2.56. The van der Waals surface area contributed by atoms with Crippen molar-refractivity contribution in [1.82, 2.24) is 9.97 Å². The summed E-state index contributed by atoms with van der Waals surface area (Å²) >= 11 is 5.83. The van der Waals surface area contributed by atoms with Gasteiger partial charge < -0.3 is 4.74 Å². The average molecular weight is 247 g/mol. The maximum absolute atomic E-state index is 5.83. The summed E-state index contributed by atoms with van der Waals surface area (Å²) in [6, 6.07) is 9.64. The Labute approximate surface area is 104 Å². The molecule has 1 heterocycles. The van der Waals surface area contributed by atoms with Crippen molar-refractivity contribution in [2.45, 2.75) is 18.9 Å². The normalized spacial score (nSPS) is 14.6. The third-order valence-electron chi connectivity index (χ3n) is 2.61. The first-order valence-electron chi connectivity index (χ1n) is 5.56. The number of halogens is 1. The summed E-state index contributed by atoms with van der Waals surface area (Å²) in [7, 11) is 0. The van der Waals surface area contributed by atoms with Crippen LogP contribution in [0.5, 0.6) is 5.75 Å². The quantitative estimate of drug-likeness (QED) is 0.779. The highest BCUT2D eigenvalue weighted by Gasteiger charge is 2.23. The molecule has 0 bridgehead atoms. The molecular weight excluding hydrogens is 236 g/mol. The van der Waals surface area contributed by atoms with Crippen LogP contribution >= 0.6 is 11.6 Å². The van der Waals surface area contributed by atoms with E-state index in [1.807, 2.05) is 24.3 Å². The van der Waals surface area contributed by atoms with Crippen LogP contribution in [-0.4, -0.2) is 16.1 Å². The zero-order valence-electron chi connectivity index (χ0n) is 9.14. The van der Waals surface area contributed by atoms with Crippen molar-refractivity contribution >= 4 is 11.6 Å². The second-order valence-corrected chi connectivity index (χ2v) is 4.45. The number of nitrogens with zero attached hydrogens (tertiary/aromatic N) is 2. The fraction of sp³-hybridized carbons (Fsp3) is 0.231. The fourth-order valence-electron chi connectivity index (χ4n) is 1.57. The lowest BCUT2D eigenvalue weighted by molar-refractivity contribution is 0.303. The molecule has 17 heavy (non-hydrogen) atoms. The van der Waals surface area contributed by atoms with Crippen molar-refractivity contribution in [3.05, 3.63) is 41.8 Å². The van der Waals surface area contributed by atoms with Gasteiger partial charge in [-0.15, -0.1) is 0 Å². The number of benzene rings is 1. The van der Waals surface area contributed by atoms with Crippen LogP contribution < -0.4 is 4.74 Å². The van der Waals surface area contributed by atoms with E-state index in [-0.39, 0.29) is 0 Å². The molecule has 1 fully saturated rings. The minimum absolute atomic E-state index is 0.425. The van der Waals surface area contributed by atoms with E-state index in [2.05, 4.69) is 9.97 Å². The van der Waals surface area contributed by atoms with Gasteiger partial charge in [-0.2, -0.15) is 0 Å². The topological polar surface area (TPSA) is 35.0 Å². The Morgan fingerprint density at radius 2 is 1.88 bits per heavy atom. The van der Waals surface area contributed by atoms with Crippen LogP contribution in [-0.2, 0) is 0 Å². The number of hydrogen-bond acceptors (Lipinski definition) is 3. The van der Waals surface area contributed by atoms with Gasteiger partial charge in [-0.1, -0.05) is 11.6 Å². The molecule has 4 heteroatoms. The van der Waals surface area contributed by atoms with Crippen molar-refractivity contribution in [2.75, 3.05) is 0 Å². The van der Waals surface area contributed by atoms with E-state index in [1.165, 1.54) is 19.2 Å². The molecule has 0 N–H and O–H groups in total. The summed E-state index contributed by atoms with van der Waals surface area (Å²) < 4.78 is 5.68. The number of aromatic nitrogens is 2. The van der Waals surface area contributed by atoms with Gasteiger partial charge in [0.05, 0.1) is 11.8 Å². The summed E-state index contributed by atoms with van der Waals surface area (Å²) in [5, 5.41) is 0.452. The highest BCUT2D eigenvalue weighted by molar-refractivity contribution is 6.29. The Morgan fingerprint density at radius 3 is 2.53 bits per heavy atom. The molecule has 0 atom stereocenters. The monoisotopic (exact) mass is 246 g/mol. The lowest BCUT2D eigenvalue weighted by Crippen LogP contribution is -1.95. The second-order valence-electron chi connectivity index (χ2n) is 4.07. The molecule has 0 aliphatic heterocycles. The summed E-state index contributed by atoms with van der Waals surface area (Å²) in [6.07, 6.45) is 4.23. The molecule has 3 rings (SSSR count). The molecule has 1 aromatic carbocycles. The average Bonchev–Trinajstić information content (AvgIpc) is 3.14. The van der Waals surface area contributed by atoms with Gasteiger partial charge in [-0.05, 0) is 37.1 Å². The van der Waals surface area contributed by atoms with Crippen LogP contribution in [0.2, 0.25) is 5.15 Å². The lowest BCUT2D eigenvalue weighted by atomic mass is 10.1. The molecule has 1 aliphatic rings. The Hall–Kier alpha value is -1.61. The van der Waals surface area contributed by atoms with Gasteiger partial charge in [-0.3, -0.25) is 0 Å². The van der Waals surface area contributed by atoms with E-state index < -0.39 is 0 Å². The van der Waals surface area contributed by atoms with E-state index in [9.17, 15) is 0 Å². The minimum Gasteiger partial charge on any atom is -0.490 e. The van der Waals surface area contributed by atoms with Gasteiger partial charge in [0.15, 0.2) is 0 Å². The summed E-state index contributed by atoms with van der Waals surface area (Å²) in [5.74, 6) is 0.913. The third-order valence-corrected chi connectivity index (χ3v) is 2.82. The van der Waals surface area contributed by atoms with Crippen LogP contribution in [0.3, 0.4) is 0 Å². The Kier molecular flexibility index (Phi) is 2.69. The zero-order chi connectivity index (χ0) is 11.7. The van der Waals surface area contributed by atoms with E-state index in [0.29, 0.717) is 11.3 Å². The molecule has 0 radical (unpaired) electrons. The predicted molar refractivity (Wildman–Crippen MR) is 66.1 cm³/mol. The van der Waals surface area contributed by atoms with E-state index >= 15 is 0 Å². The Balaban J connectivity index is 1.83. The highest BCUT2D eigenvalue weighted by atomic mass is 35.5. The number of ether oxygens (including phenoxy) is 1. The molecule has 1 aliphatic carbocycles. The molecule has 86 valence electrons. The number of hydrogen-bond donors (Lipinski definition) is 0. The van der Waals surface area contributed by atoms with Crippen LogP contribution in [0.25, 0.3) is 11.3 Å². The first-order chi connectivity index (χ1) is 8.31. The van der Waals surface area contributed by atoms with Crippen LogP contribution in [0.4, 0.5) is 0 Å². The van der Waals surface area contributed by atoms with Crippen molar-refractivity contribution in [3.63, 3.8) is 0 Å². The van der Waals surface area contributed by atoms with Gasteiger partial charge in [0.25, 0.3) is 0 Å². The molecule has 2 aromatic rings. The molecule has 1 aromatic heterocycles. The van der Waals surface area contributed by atoms with Crippen molar-refractivity contribution in [2.24, 2.45) is 0 Å². The zero-order valence-corrected chi connectivity index (χ0v) is 9.89. The maximum atomic E-state index is 5.83. The van der Waals surface area contributed by atoms with E-state index in [4.69, 9.17) is 16.3 Å². The standard InChI is InChI=1S/C13H11ClN2O/c14-13-7-12(15-8-16-13)9-1-3-10(4-2-9)17-11-5-6-11/h1-4,7-8,11H,5-6H2. The van der Waals surface area contributed by atoms with E-state index in [1.54, 1.807) is 6.07 Å². The van der Waals surface area contributed by atoms with E-state index in [0.717, 1.165) is 17.0 Å². The Bertz CT molecular complexity index is 523. The maximum Gasteiger partial charge on any atom is 0.133 e. The van der Waals surface area contributed by atoms with Gasteiger partial charge in [-0.25, -0.2) is 9.97 Å². The SMILES string of the molecule is Clc1cc(-c2ccc(OC3CC3)cc2)ncn1. The van der Waals surface area contributed by atoms with Crippen molar-refractivity contribution in [1.29, 1.82) is 0 Å². The largest absolute Gasteiger partial charge is 0.490 e. The molecule has 0 unspecified atom stereocenters. The molecular formula is C13H11ClN2O. The number of rotatable bonds is 3. The van der Waals surface area contributed by atoms with Crippen molar-refractivity contribution in [3.8, 4) is 17.0 Å². The van der Waals surface area contributed by atoms with Gasteiger partial charge in [0, 0.05) is 11.6 Å². The lowest BCUT2D eigenvalue weighted by Gasteiger charge is -2.05. The molecule has 3 nitrogen and oxygen atoms in total. The van der Waals surface area contributed by atoms with Crippen molar-refractivity contribution < 1.29 is 4.74 Å². The molecule has 0 saturated heterocycles. The van der Waals surface area contributed by atoms with Gasteiger partial charge in [0.1, 0.15) is 17.2 Å². The minimum atomic E-state index is 0.425. The Morgan fingerprint density at radius 1 is 1.12 bits per heavy atom. The fourth-order valence-corrected chi connectivity index (χ4v) is 1.72. The van der Waals surface area contributed by atoms with Gasteiger partial charge >= 0.3 is 0 Å². The summed E-state index contributed by atoms with van der Waals surface area (Å²) in [5.41, 5.74) is 1.83. The van der Waals surface area contributed by atoms with Crippen LogP contribution in [0, 0.1) is 0 Å².